The van der Waals surface area contributed by atoms with Crippen LogP contribution in [0.25, 0.3) is 0 Å². The molecule has 0 spiro atoms. The first-order chi connectivity index (χ1) is 8.66. The zero-order valence-corrected chi connectivity index (χ0v) is 12.7. The lowest BCUT2D eigenvalue weighted by atomic mass is 10.1. The summed E-state index contributed by atoms with van der Waals surface area (Å²) < 4.78 is 1.03. The maximum absolute atomic E-state index is 10.0. The Labute approximate surface area is 122 Å². The molecule has 1 fully saturated rings. The maximum Gasteiger partial charge on any atom is 0.0693 e. The Hall–Kier alpha value is -0.0900. The molecule has 2 atom stereocenters. The lowest BCUT2D eigenvalue weighted by Crippen LogP contribution is -2.38. The number of aliphatic hydroxyl groups is 1. The van der Waals surface area contributed by atoms with E-state index < -0.39 is 0 Å². The largest absolute Gasteiger partial charge is 0.392 e. The van der Waals surface area contributed by atoms with E-state index in [0.29, 0.717) is 6.54 Å². The molecule has 1 saturated carbocycles. The highest BCUT2D eigenvalue weighted by Crippen LogP contribution is 2.22. The van der Waals surface area contributed by atoms with Crippen LogP contribution < -0.4 is 5.32 Å². The Bertz CT molecular complexity index is 399. The summed E-state index contributed by atoms with van der Waals surface area (Å²) in [4.78, 5) is 0. The van der Waals surface area contributed by atoms with Crippen molar-refractivity contribution in [1.29, 1.82) is 0 Å². The van der Waals surface area contributed by atoms with Crippen LogP contribution in [-0.4, -0.2) is 17.3 Å². The molecule has 0 saturated heterocycles. The summed E-state index contributed by atoms with van der Waals surface area (Å²) in [6.45, 7) is 0.708. The third-order valence-corrected chi connectivity index (χ3v) is 4.40. The third kappa shape index (κ3) is 3.95. The predicted molar refractivity (Wildman–Crippen MR) is 78.9 cm³/mol. The first-order valence-corrected chi connectivity index (χ1v) is 7.69. The average Bonchev–Trinajstić information content (AvgIpc) is 2.55. The summed E-state index contributed by atoms with van der Waals surface area (Å²) in [6.07, 6.45) is 5.29. The van der Waals surface area contributed by atoms with Crippen molar-refractivity contribution >= 4 is 27.5 Å². The maximum atomic E-state index is 10.0. The molecule has 100 valence electrons. The van der Waals surface area contributed by atoms with Gasteiger partial charge in [-0.25, -0.2) is 0 Å². The van der Waals surface area contributed by atoms with Crippen molar-refractivity contribution < 1.29 is 5.11 Å². The Balaban J connectivity index is 1.95. The summed E-state index contributed by atoms with van der Waals surface area (Å²) >= 11 is 9.61. The van der Waals surface area contributed by atoms with Gasteiger partial charge in [0.15, 0.2) is 0 Å². The van der Waals surface area contributed by atoms with E-state index in [1.165, 1.54) is 12.8 Å². The van der Waals surface area contributed by atoms with Crippen LogP contribution in [0.5, 0.6) is 0 Å². The van der Waals surface area contributed by atoms with Gasteiger partial charge < -0.3 is 10.4 Å². The number of hydrogen-bond acceptors (Lipinski definition) is 2. The van der Waals surface area contributed by atoms with Gasteiger partial charge in [0.05, 0.1) is 6.10 Å². The molecule has 0 aromatic heterocycles. The lowest BCUT2D eigenvalue weighted by Gasteiger charge is -2.22. The van der Waals surface area contributed by atoms with E-state index in [2.05, 4.69) is 21.2 Å². The molecule has 2 unspecified atom stereocenters. The molecule has 1 aliphatic rings. The Morgan fingerprint density at radius 3 is 2.89 bits per heavy atom. The second-order valence-electron chi connectivity index (χ2n) is 4.93. The van der Waals surface area contributed by atoms with Crippen LogP contribution in [0, 0.1) is 0 Å². The van der Waals surface area contributed by atoms with E-state index in [0.717, 1.165) is 34.3 Å². The zero-order valence-electron chi connectivity index (χ0n) is 10.3. The fourth-order valence-electron chi connectivity index (χ4n) is 2.45. The SMILES string of the molecule is OC1CCCCCC1NCc1cc(Br)ccc1Cl. The Kier molecular flexibility index (Phi) is 5.49. The van der Waals surface area contributed by atoms with Crippen molar-refractivity contribution in [3.63, 3.8) is 0 Å². The number of rotatable bonds is 3. The van der Waals surface area contributed by atoms with Gasteiger partial charge in [-0.15, -0.1) is 0 Å². The fraction of sp³-hybridized carbons (Fsp3) is 0.571. The van der Waals surface area contributed by atoms with E-state index in [4.69, 9.17) is 11.6 Å². The van der Waals surface area contributed by atoms with Crippen molar-refractivity contribution in [1.82, 2.24) is 5.32 Å². The average molecular weight is 333 g/mol. The van der Waals surface area contributed by atoms with Gasteiger partial charge in [0.2, 0.25) is 0 Å². The van der Waals surface area contributed by atoms with Gasteiger partial charge in [-0.1, -0.05) is 46.8 Å². The number of halogens is 2. The number of nitrogens with one attached hydrogen (secondary N) is 1. The smallest absolute Gasteiger partial charge is 0.0693 e. The van der Waals surface area contributed by atoms with Gasteiger partial charge in [-0.05, 0) is 36.6 Å². The second-order valence-corrected chi connectivity index (χ2v) is 6.25. The van der Waals surface area contributed by atoms with Crippen molar-refractivity contribution in [2.75, 3.05) is 0 Å². The number of hydrogen-bond donors (Lipinski definition) is 2. The Morgan fingerprint density at radius 1 is 1.28 bits per heavy atom. The van der Waals surface area contributed by atoms with Gasteiger partial charge in [0, 0.05) is 22.1 Å². The number of aliphatic hydroxyl groups excluding tert-OH is 1. The predicted octanol–water partition coefficient (Wildman–Crippen LogP) is 3.89. The molecule has 0 aliphatic heterocycles. The second kappa shape index (κ2) is 6.90. The quantitative estimate of drug-likeness (QED) is 0.823. The molecule has 18 heavy (non-hydrogen) atoms. The molecule has 1 aromatic carbocycles. The molecule has 4 heteroatoms. The molecule has 2 N–H and O–H groups in total. The minimum absolute atomic E-state index is 0.197. The van der Waals surface area contributed by atoms with E-state index in [9.17, 15) is 5.11 Å². The highest BCUT2D eigenvalue weighted by molar-refractivity contribution is 9.10. The molecule has 1 aromatic rings. The highest BCUT2D eigenvalue weighted by Gasteiger charge is 2.21. The normalized spacial score (nSPS) is 24.8. The first kappa shape index (κ1) is 14.3. The van der Waals surface area contributed by atoms with Crippen LogP contribution in [0.1, 0.15) is 37.7 Å². The summed E-state index contributed by atoms with van der Waals surface area (Å²) in [5.74, 6) is 0. The van der Waals surface area contributed by atoms with Crippen LogP contribution in [0.3, 0.4) is 0 Å². The molecular weight excluding hydrogens is 314 g/mol. The van der Waals surface area contributed by atoms with E-state index >= 15 is 0 Å². The van der Waals surface area contributed by atoms with Gasteiger partial charge in [-0.2, -0.15) is 0 Å². The summed E-state index contributed by atoms with van der Waals surface area (Å²) in [5.41, 5.74) is 1.07. The summed E-state index contributed by atoms with van der Waals surface area (Å²) in [6, 6.07) is 6.05. The van der Waals surface area contributed by atoms with Crippen LogP contribution in [0.4, 0.5) is 0 Å². The van der Waals surface area contributed by atoms with E-state index in [-0.39, 0.29) is 12.1 Å². The van der Waals surface area contributed by atoms with Crippen molar-refractivity contribution in [2.24, 2.45) is 0 Å². The van der Waals surface area contributed by atoms with Gasteiger partial charge in [-0.3, -0.25) is 0 Å². The Morgan fingerprint density at radius 2 is 2.06 bits per heavy atom. The summed E-state index contributed by atoms with van der Waals surface area (Å²) in [5, 5.41) is 14.3. The van der Waals surface area contributed by atoms with E-state index in [1.807, 2.05) is 18.2 Å². The van der Waals surface area contributed by atoms with Crippen LogP contribution in [-0.2, 0) is 6.54 Å². The topological polar surface area (TPSA) is 32.3 Å². The van der Waals surface area contributed by atoms with Crippen molar-refractivity contribution in [3.05, 3.63) is 33.3 Å². The van der Waals surface area contributed by atoms with Crippen LogP contribution in [0.15, 0.2) is 22.7 Å². The molecular formula is C14H19BrClNO. The van der Waals surface area contributed by atoms with Gasteiger partial charge in [0.25, 0.3) is 0 Å². The molecule has 0 bridgehead atoms. The molecule has 2 rings (SSSR count). The first-order valence-electron chi connectivity index (χ1n) is 6.52. The molecule has 0 amide bonds. The molecule has 0 radical (unpaired) electrons. The lowest BCUT2D eigenvalue weighted by molar-refractivity contribution is 0.119. The minimum Gasteiger partial charge on any atom is -0.392 e. The highest BCUT2D eigenvalue weighted by atomic mass is 79.9. The standard InChI is InChI=1S/C14H19BrClNO/c15-11-6-7-12(16)10(8-11)9-17-13-4-2-1-3-5-14(13)18/h6-8,13-14,17-18H,1-5,9H2. The van der Waals surface area contributed by atoms with Crippen molar-refractivity contribution in [3.8, 4) is 0 Å². The third-order valence-electron chi connectivity index (χ3n) is 3.54. The summed E-state index contributed by atoms with van der Waals surface area (Å²) in [7, 11) is 0. The van der Waals surface area contributed by atoms with Crippen LogP contribution in [0.2, 0.25) is 5.02 Å². The molecule has 1 aliphatic carbocycles. The molecule has 0 heterocycles. The molecule has 2 nitrogen and oxygen atoms in total. The van der Waals surface area contributed by atoms with E-state index in [1.54, 1.807) is 0 Å². The minimum atomic E-state index is -0.224. The van der Waals surface area contributed by atoms with Crippen LogP contribution >= 0.6 is 27.5 Å². The fourth-order valence-corrected chi connectivity index (χ4v) is 3.04. The monoisotopic (exact) mass is 331 g/mol. The van der Waals surface area contributed by atoms with Crippen molar-refractivity contribution in [2.45, 2.75) is 50.8 Å². The van der Waals surface area contributed by atoms with Gasteiger partial charge >= 0.3 is 0 Å². The van der Waals surface area contributed by atoms with Gasteiger partial charge in [0.1, 0.15) is 0 Å². The number of benzene rings is 1. The zero-order chi connectivity index (χ0) is 13.0.